The SMILES string of the molecule is Cn1c(=O)c(C(=O)NCc2ccc(C#N)nc2)cc2ccnc(OCC3(S(=O)(=O)C4COC4)CC3)c21. The molecule has 0 atom stereocenters. The van der Waals surface area contributed by atoms with Crippen LogP contribution in [0.4, 0.5) is 0 Å². The Morgan fingerprint density at radius 1 is 1.31 bits per heavy atom. The van der Waals surface area contributed by atoms with Crippen LogP contribution in [-0.2, 0) is 28.2 Å². The van der Waals surface area contributed by atoms with Crippen molar-refractivity contribution in [2.75, 3.05) is 19.8 Å². The van der Waals surface area contributed by atoms with Crippen molar-refractivity contribution in [2.45, 2.75) is 29.4 Å². The second-order valence-electron chi connectivity index (χ2n) is 9.00. The van der Waals surface area contributed by atoms with E-state index in [4.69, 9.17) is 14.7 Å². The summed E-state index contributed by atoms with van der Waals surface area (Å²) in [5.74, 6) is -0.430. The van der Waals surface area contributed by atoms with Crippen molar-refractivity contribution in [3.8, 4) is 11.9 Å². The Labute approximate surface area is 206 Å². The van der Waals surface area contributed by atoms with Crippen LogP contribution < -0.4 is 15.6 Å². The lowest BCUT2D eigenvalue weighted by molar-refractivity contribution is 0.0408. The molecule has 1 saturated carbocycles. The van der Waals surface area contributed by atoms with Gasteiger partial charge in [0.1, 0.15) is 39.4 Å². The lowest BCUT2D eigenvalue weighted by Gasteiger charge is -2.30. The number of carbonyl (C=O) groups excluding carboxylic acids is 1. The number of rotatable bonds is 8. The van der Waals surface area contributed by atoms with Gasteiger partial charge in [0.25, 0.3) is 11.5 Å². The third-order valence-corrected chi connectivity index (χ3v) is 9.54. The summed E-state index contributed by atoms with van der Waals surface area (Å²) in [6.45, 7) is 0.480. The van der Waals surface area contributed by atoms with Crippen molar-refractivity contribution in [1.82, 2.24) is 19.9 Å². The molecule has 2 fully saturated rings. The quantitative estimate of drug-likeness (QED) is 0.466. The average Bonchev–Trinajstić information content (AvgIpc) is 3.64. The van der Waals surface area contributed by atoms with Gasteiger partial charge in [-0.2, -0.15) is 5.26 Å². The van der Waals surface area contributed by atoms with E-state index in [1.54, 1.807) is 18.2 Å². The second-order valence-corrected chi connectivity index (χ2v) is 11.6. The molecule has 0 aromatic carbocycles. The number of carbonyl (C=O) groups is 1. The number of pyridine rings is 3. The molecule has 3 aromatic heterocycles. The molecular weight excluding hydrogens is 486 g/mol. The number of nitriles is 1. The van der Waals surface area contributed by atoms with Gasteiger partial charge in [-0.05, 0) is 36.6 Å². The number of amides is 1. The summed E-state index contributed by atoms with van der Waals surface area (Å²) in [5.41, 5.74) is 0.710. The van der Waals surface area contributed by atoms with Crippen molar-refractivity contribution in [3.05, 3.63) is 63.8 Å². The van der Waals surface area contributed by atoms with Crippen molar-refractivity contribution in [2.24, 2.45) is 7.05 Å². The lowest BCUT2D eigenvalue weighted by Crippen LogP contribution is -2.48. The molecule has 2 aliphatic rings. The van der Waals surface area contributed by atoms with E-state index >= 15 is 0 Å². The van der Waals surface area contributed by atoms with Crippen LogP contribution in [0.15, 0.2) is 41.5 Å². The Morgan fingerprint density at radius 2 is 2.08 bits per heavy atom. The van der Waals surface area contributed by atoms with Crippen molar-refractivity contribution < 1.29 is 22.7 Å². The predicted molar refractivity (Wildman–Crippen MR) is 128 cm³/mol. The molecule has 1 saturated heterocycles. The normalized spacial score (nSPS) is 16.7. The molecule has 0 radical (unpaired) electrons. The summed E-state index contributed by atoms with van der Waals surface area (Å²) in [6, 6.07) is 8.26. The molecule has 1 N–H and O–H groups in total. The fourth-order valence-corrected chi connectivity index (χ4v) is 6.29. The predicted octanol–water partition coefficient (Wildman–Crippen LogP) is 0.855. The first-order valence-corrected chi connectivity index (χ1v) is 12.9. The van der Waals surface area contributed by atoms with Gasteiger partial charge in [-0.15, -0.1) is 0 Å². The van der Waals surface area contributed by atoms with Crippen molar-refractivity contribution in [1.29, 1.82) is 5.26 Å². The number of nitrogens with zero attached hydrogens (tertiary/aromatic N) is 4. The molecule has 3 aromatic rings. The van der Waals surface area contributed by atoms with Crippen LogP contribution in [0.1, 0.15) is 34.5 Å². The minimum Gasteiger partial charge on any atom is -0.474 e. The van der Waals surface area contributed by atoms with Crippen LogP contribution in [-0.4, -0.2) is 58.7 Å². The molecule has 0 unspecified atom stereocenters. The molecule has 0 spiro atoms. The number of hydrogen-bond donors (Lipinski definition) is 1. The zero-order valence-corrected chi connectivity index (χ0v) is 20.2. The van der Waals surface area contributed by atoms with Gasteiger partial charge >= 0.3 is 0 Å². The van der Waals surface area contributed by atoms with E-state index < -0.39 is 31.3 Å². The van der Waals surface area contributed by atoms with Gasteiger partial charge in [-0.25, -0.2) is 18.4 Å². The Balaban J connectivity index is 1.36. The molecule has 5 rings (SSSR count). The maximum absolute atomic E-state index is 13.0. The van der Waals surface area contributed by atoms with Gasteiger partial charge in [0.2, 0.25) is 5.88 Å². The van der Waals surface area contributed by atoms with Gasteiger partial charge < -0.3 is 19.4 Å². The Hall–Kier alpha value is -3.82. The highest BCUT2D eigenvalue weighted by Gasteiger charge is 2.59. The van der Waals surface area contributed by atoms with Crippen LogP contribution in [0.2, 0.25) is 0 Å². The maximum Gasteiger partial charge on any atom is 0.263 e. The summed E-state index contributed by atoms with van der Waals surface area (Å²) in [7, 11) is -1.89. The van der Waals surface area contributed by atoms with Crippen LogP contribution in [0.3, 0.4) is 0 Å². The Morgan fingerprint density at radius 3 is 2.69 bits per heavy atom. The van der Waals surface area contributed by atoms with Gasteiger partial charge in [-0.1, -0.05) is 6.07 Å². The largest absolute Gasteiger partial charge is 0.474 e. The molecule has 4 heterocycles. The van der Waals surface area contributed by atoms with E-state index in [1.807, 2.05) is 6.07 Å². The first kappa shape index (κ1) is 23.9. The number of aromatic nitrogens is 3. The summed E-state index contributed by atoms with van der Waals surface area (Å²) in [5, 5.41) is 11.6. The van der Waals surface area contributed by atoms with Gasteiger partial charge in [0.15, 0.2) is 9.84 Å². The first-order chi connectivity index (χ1) is 17.3. The molecule has 186 valence electrons. The minimum atomic E-state index is -3.40. The third-order valence-electron chi connectivity index (χ3n) is 6.66. The zero-order valence-electron chi connectivity index (χ0n) is 19.4. The fourth-order valence-electron chi connectivity index (χ4n) is 4.14. The van der Waals surface area contributed by atoms with E-state index in [1.165, 1.54) is 30.1 Å². The summed E-state index contributed by atoms with van der Waals surface area (Å²) in [4.78, 5) is 34.0. The molecule has 36 heavy (non-hydrogen) atoms. The monoisotopic (exact) mass is 509 g/mol. The fraction of sp³-hybridized carbons (Fsp3) is 0.375. The molecule has 0 bridgehead atoms. The van der Waals surface area contributed by atoms with Gasteiger partial charge in [-0.3, -0.25) is 9.59 Å². The smallest absolute Gasteiger partial charge is 0.263 e. The van der Waals surface area contributed by atoms with Gasteiger partial charge in [0.05, 0.1) is 13.2 Å². The number of nitrogens with one attached hydrogen (secondary N) is 1. The standard InChI is InChI=1S/C24H23N5O6S/c1-29-20-16(8-19(23(29)31)21(30)28-11-15-2-3-17(9-25)27-10-15)4-7-26-22(20)35-14-24(5-6-24)36(32,33)18-12-34-13-18/h2-4,7-8,10,18H,5-6,11-14H2,1H3,(H,28,30). The number of hydrogen-bond acceptors (Lipinski definition) is 9. The maximum atomic E-state index is 13.0. The highest BCUT2D eigenvalue weighted by molar-refractivity contribution is 7.93. The molecule has 12 heteroatoms. The van der Waals surface area contributed by atoms with E-state index in [0.29, 0.717) is 29.3 Å². The molecule has 1 aliphatic heterocycles. The first-order valence-electron chi connectivity index (χ1n) is 11.3. The van der Waals surface area contributed by atoms with E-state index in [2.05, 4.69) is 15.3 Å². The molecule has 11 nitrogen and oxygen atoms in total. The zero-order chi connectivity index (χ0) is 25.5. The van der Waals surface area contributed by atoms with E-state index in [-0.39, 0.29) is 43.5 Å². The minimum absolute atomic E-state index is 0.0602. The number of ether oxygens (including phenoxy) is 2. The topological polar surface area (TPSA) is 153 Å². The summed E-state index contributed by atoms with van der Waals surface area (Å²) < 4.78 is 37.1. The second kappa shape index (κ2) is 9.00. The number of fused-ring (bicyclic) bond motifs is 1. The van der Waals surface area contributed by atoms with Crippen LogP contribution in [0.5, 0.6) is 5.88 Å². The average molecular weight is 510 g/mol. The lowest BCUT2D eigenvalue weighted by atomic mass is 10.1. The van der Waals surface area contributed by atoms with E-state index in [9.17, 15) is 18.0 Å². The highest BCUT2D eigenvalue weighted by Crippen LogP contribution is 2.47. The van der Waals surface area contributed by atoms with Crippen LogP contribution in [0.25, 0.3) is 10.9 Å². The molecular formula is C24H23N5O6S. The van der Waals surface area contributed by atoms with Crippen molar-refractivity contribution in [3.63, 3.8) is 0 Å². The Kier molecular flexibility index (Phi) is 5.97. The molecule has 1 amide bonds. The number of sulfone groups is 1. The van der Waals surface area contributed by atoms with Crippen molar-refractivity contribution >= 4 is 26.6 Å². The van der Waals surface area contributed by atoms with E-state index in [0.717, 1.165) is 0 Å². The Bertz CT molecular complexity index is 1550. The van der Waals surface area contributed by atoms with Crippen LogP contribution in [0, 0.1) is 11.3 Å². The third kappa shape index (κ3) is 4.10. The molecule has 1 aliphatic carbocycles. The van der Waals surface area contributed by atoms with Crippen LogP contribution >= 0.6 is 0 Å². The highest BCUT2D eigenvalue weighted by atomic mass is 32.2. The summed E-state index contributed by atoms with van der Waals surface area (Å²) >= 11 is 0. The summed E-state index contributed by atoms with van der Waals surface area (Å²) in [6.07, 6.45) is 3.99. The number of aryl methyl sites for hydroxylation is 1. The van der Waals surface area contributed by atoms with Gasteiger partial charge in [0, 0.05) is 31.4 Å².